The van der Waals surface area contributed by atoms with Gasteiger partial charge < -0.3 is 10.2 Å². The molecule has 1 aromatic carbocycles. The second kappa shape index (κ2) is 5.70. The van der Waals surface area contributed by atoms with Crippen LogP contribution < -0.4 is 5.32 Å². The number of halogens is 4. The molecular formula is C11H12F4N2O. The molecule has 7 heteroatoms. The molecule has 0 unspecified atom stereocenters. The number of amides is 2. The Labute approximate surface area is 101 Å². The Bertz CT molecular complexity index is 435. The van der Waals surface area contributed by atoms with Gasteiger partial charge in [-0.25, -0.2) is 22.4 Å². The molecule has 1 N–H and O–H groups in total. The molecule has 100 valence electrons. The van der Waals surface area contributed by atoms with E-state index in [1.54, 1.807) is 13.8 Å². The average molecular weight is 264 g/mol. The van der Waals surface area contributed by atoms with Crippen molar-refractivity contribution in [3.05, 3.63) is 29.3 Å². The zero-order valence-electron chi connectivity index (χ0n) is 9.86. The van der Waals surface area contributed by atoms with Gasteiger partial charge >= 0.3 is 6.03 Å². The van der Waals surface area contributed by atoms with Gasteiger partial charge in [0.1, 0.15) is 5.69 Å². The standard InChI is InChI=1S/C11H12F4N2O/c1-3-17(4-2)11(18)16-10-8(14)6(12)5-7(13)9(10)15/h5H,3-4H2,1-2H3,(H,16,18). The van der Waals surface area contributed by atoms with Crippen LogP contribution in [-0.4, -0.2) is 24.0 Å². The van der Waals surface area contributed by atoms with Crippen LogP contribution in [0.1, 0.15) is 13.8 Å². The molecule has 0 bridgehead atoms. The Kier molecular flexibility index (Phi) is 4.52. The number of rotatable bonds is 3. The summed E-state index contributed by atoms with van der Waals surface area (Å²) in [6.07, 6.45) is 0. The normalized spacial score (nSPS) is 10.3. The summed E-state index contributed by atoms with van der Waals surface area (Å²) in [4.78, 5) is 12.7. The zero-order valence-corrected chi connectivity index (χ0v) is 9.86. The highest BCUT2D eigenvalue weighted by Crippen LogP contribution is 2.24. The van der Waals surface area contributed by atoms with Crippen molar-refractivity contribution in [2.24, 2.45) is 0 Å². The van der Waals surface area contributed by atoms with Gasteiger partial charge in [-0.3, -0.25) is 0 Å². The number of hydrogen-bond acceptors (Lipinski definition) is 1. The fraction of sp³-hybridized carbons (Fsp3) is 0.364. The lowest BCUT2D eigenvalue weighted by Gasteiger charge is -2.19. The van der Waals surface area contributed by atoms with Crippen molar-refractivity contribution in [2.45, 2.75) is 13.8 Å². The van der Waals surface area contributed by atoms with Crippen molar-refractivity contribution in [1.82, 2.24) is 4.90 Å². The fourth-order valence-electron chi connectivity index (χ4n) is 1.38. The SMILES string of the molecule is CCN(CC)C(=O)Nc1c(F)c(F)cc(F)c1F. The van der Waals surface area contributed by atoms with Crippen LogP contribution in [-0.2, 0) is 0 Å². The fourth-order valence-corrected chi connectivity index (χ4v) is 1.38. The van der Waals surface area contributed by atoms with Crippen LogP contribution in [0.2, 0.25) is 0 Å². The maximum absolute atomic E-state index is 13.3. The summed E-state index contributed by atoms with van der Waals surface area (Å²) in [6.45, 7) is 3.90. The van der Waals surface area contributed by atoms with Gasteiger partial charge in [0.2, 0.25) is 0 Å². The molecule has 1 aromatic rings. The third-order valence-corrected chi connectivity index (χ3v) is 2.39. The third kappa shape index (κ3) is 2.72. The van der Waals surface area contributed by atoms with E-state index in [1.807, 2.05) is 5.32 Å². The number of anilines is 1. The first kappa shape index (κ1) is 14.3. The number of carbonyl (C=O) groups excluding carboxylic acids is 1. The Morgan fingerprint density at radius 3 is 1.94 bits per heavy atom. The monoisotopic (exact) mass is 264 g/mol. The van der Waals surface area contributed by atoms with Crippen molar-refractivity contribution in [1.29, 1.82) is 0 Å². The van der Waals surface area contributed by atoms with Crippen LogP contribution in [0.5, 0.6) is 0 Å². The lowest BCUT2D eigenvalue weighted by molar-refractivity contribution is 0.217. The molecule has 0 aromatic heterocycles. The molecule has 2 amide bonds. The van der Waals surface area contributed by atoms with E-state index in [0.29, 0.717) is 13.1 Å². The van der Waals surface area contributed by atoms with E-state index in [0.717, 1.165) is 0 Å². The maximum Gasteiger partial charge on any atom is 0.321 e. The van der Waals surface area contributed by atoms with Crippen LogP contribution in [0.4, 0.5) is 28.0 Å². The molecular weight excluding hydrogens is 252 g/mol. The highest BCUT2D eigenvalue weighted by Gasteiger charge is 2.22. The predicted octanol–water partition coefficient (Wildman–Crippen LogP) is 3.12. The Morgan fingerprint density at radius 1 is 1.11 bits per heavy atom. The lowest BCUT2D eigenvalue weighted by atomic mass is 10.2. The van der Waals surface area contributed by atoms with Gasteiger partial charge in [0, 0.05) is 19.2 Å². The molecule has 0 radical (unpaired) electrons. The van der Waals surface area contributed by atoms with Crippen molar-refractivity contribution in [2.75, 3.05) is 18.4 Å². The summed E-state index contributed by atoms with van der Waals surface area (Å²) in [5.74, 6) is -6.39. The largest absolute Gasteiger partial charge is 0.325 e. The highest BCUT2D eigenvalue weighted by molar-refractivity contribution is 5.89. The van der Waals surface area contributed by atoms with Gasteiger partial charge in [-0.15, -0.1) is 0 Å². The first-order valence-corrected chi connectivity index (χ1v) is 5.31. The summed E-state index contributed by atoms with van der Waals surface area (Å²) >= 11 is 0. The Morgan fingerprint density at radius 2 is 1.56 bits per heavy atom. The van der Waals surface area contributed by atoms with Gasteiger partial charge in [-0.2, -0.15) is 0 Å². The number of hydrogen-bond donors (Lipinski definition) is 1. The molecule has 18 heavy (non-hydrogen) atoms. The van der Waals surface area contributed by atoms with Crippen LogP contribution in [0.15, 0.2) is 6.07 Å². The van der Waals surface area contributed by atoms with Crippen molar-refractivity contribution < 1.29 is 22.4 Å². The first-order valence-electron chi connectivity index (χ1n) is 5.31. The molecule has 0 saturated heterocycles. The first-order chi connectivity index (χ1) is 8.42. The van der Waals surface area contributed by atoms with E-state index < -0.39 is 35.0 Å². The molecule has 0 atom stereocenters. The van der Waals surface area contributed by atoms with Gasteiger partial charge in [0.05, 0.1) is 0 Å². The maximum atomic E-state index is 13.3. The second-order valence-corrected chi connectivity index (χ2v) is 3.45. The molecule has 0 aliphatic heterocycles. The van der Waals surface area contributed by atoms with Crippen LogP contribution >= 0.6 is 0 Å². The molecule has 0 spiro atoms. The second-order valence-electron chi connectivity index (χ2n) is 3.45. The average Bonchev–Trinajstić information content (AvgIpc) is 2.33. The highest BCUT2D eigenvalue weighted by atomic mass is 19.2. The summed E-state index contributed by atoms with van der Waals surface area (Å²) in [7, 11) is 0. The molecule has 0 saturated carbocycles. The predicted molar refractivity (Wildman–Crippen MR) is 58.2 cm³/mol. The van der Waals surface area contributed by atoms with Gasteiger partial charge in [-0.05, 0) is 13.8 Å². The summed E-state index contributed by atoms with van der Waals surface area (Å²) < 4.78 is 52.3. The molecule has 0 fully saturated rings. The third-order valence-electron chi connectivity index (χ3n) is 2.39. The number of nitrogens with zero attached hydrogens (tertiary/aromatic N) is 1. The van der Waals surface area contributed by atoms with E-state index in [2.05, 4.69) is 0 Å². The van der Waals surface area contributed by atoms with Crippen LogP contribution in [0, 0.1) is 23.3 Å². The topological polar surface area (TPSA) is 32.3 Å². The molecule has 3 nitrogen and oxygen atoms in total. The van der Waals surface area contributed by atoms with Crippen molar-refractivity contribution in [3.63, 3.8) is 0 Å². The summed E-state index contributed by atoms with van der Waals surface area (Å²) in [5, 5.41) is 1.82. The van der Waals surface area contributed by atoms with Crippen LogP contribution in [0.25, 0.3) is 0 Å². The minimum Gasteiger partial charge on any atom is -0.325 e. The Hall–Kier alpha value is -1.79. The smallest absolute Gasteiger partial charge is 0.321 e. The Balaban J connectivity index is 3.08. The number of nitrogens with one attached hydrogen (secondary N) is 1. The van der Waals surface area contributed by atoms with E-state index in [9.17, 15) is 22.4 Å². The summed E-state index contributed by atoms with van der Waals surface area (Å²) in [6, 6.07) is -0.750. The van der Waals surface area contributed by atoms with Gasteiger partial charge in [0.15, 0.2) is 23.3 Å². The molecule has 0 heterocycles. The zero-order chi connectivity index (χ0) is 13.9. The van der Waals surface area contributed by atoms with E-state index in [4.69, 9.17) is 0 Å². The molecule has 0 aliphatic carbocycles. The summed E-state index contributed by atoms with van der Waals surface area (Å²) in [5.41, 5.74) is -1.12. The number of benzene rings is 1. The number of urea groups is 1. The van der Waals surface area contributed by atoms with E-state index in [1.165, 1.54) is 4.90 Å². The molecule has 0 aliphatic rings. The van der Waals surface area contributed by atoms with E-state index >= 15 is 0 Å². The van der Waals surface area contributed by atoms with Gasteiger partial charge in [0.25, 0.3) is 0 Å². The molecule has 1 rings (SSSR count). The minimum atomic E-state index is -1.63. The van der Waals surface area contributed by atoms with Crippen molar-refractivity contribution in [3.8, 4) is 0 Å². The number of carbonyl (C=O) groups is 1. The van der Waals surface area contributed by atoms with Gasteiger partial charge in [-0.1, -0.05) is 0 Å². The van der Waals surface area contributed by atoms with E-state index in [-0.39, 0.29) is 6.07 Å². The lowest BCUT2D eigenvalue weighted by Crippen LogP contribution is -2.35. The van der Waals surface area contributed by atoms with Crippen molar-refractivity contribution >= 4 is 11.7 Å². The van der Waals surface area contributed by atoms with Crippen LogP contribution in [0.3, 0.4) is 0 Å². The quantitative estimate of drug-likeness (QED) is 0.660. The minimum absolute atomic E-state index is 0.0811.